The first-order valence-corrected chi connectivity index (χ1v) is 15.8. The lowest BCUT2D eigenvalue weighted by atomic mass is 9.88. The van der Waals surface area contributed by atoms with Crippen LogP contribution in [0.3, 0.4) is 0 Å². The molecule has 1 heterocycles. The summed E-state index contributed by atoms with van der Waals surface area (Å²) in [5, 5.41) is 0. The first-order valence-electron chi connectivity index (χ1n) is 14.7. The van der Waals surface area contributed by atoms with Gasteiger partial charge in [-0.05, 0) is 126 Å². The second-order valence-electron chi connectivity index (χ2n) is 10.5. The quantitative estimate of drug-likeness (QED) is 0.0952. The van der Waals surface area contributed by atoms with Crippen molar-refractivity contribution in [1.82, 2.24) is 4.90 Å². The van der Waals surface area contributed by atoms with Crippen molar-refractivity contribution < 1.29 is 4.74 Å². The molecule has 0 aliphatic carbocycles. The van der Waals surface area contributed by atoms with Gasteiger partial charge in [-0.3, -0.25) is 0 Å². The summed E-state index contributed by atoms with van der Waals surface area (Å²) in [6.45, 7) is 7.04. The van der Waals surface area contributed by atoms with Gasteiger partial charge < -0.3 is 9.64 Å². The first-order chi connectivity index (χ1) is 18.7. The molecule has 202 valence electrons. The third kappa shape index (κ3) is 8.98. The molecule has 3 heteroatoms. The summed E-state index contributed by atoms with van der Waals surface area (Å²) in [7, 11) is 0. The zero-order valence-electron chi connectivity index (χ0n) is 23.1. The molecule has 1 aliphatic heterocycles. The van der Waals surface area contributed by atoms with E-state index in [1.165, 1.54) is 102 Å². The monoisotopic (exact) mass is 621 g/mol. The van der Waals surface area contributed by atoms with Crippen molar-refractivity contribution in [2.45, 2.75) is 71.1 Å². The highest BCUT2D eigenvalue weighted by molar-refractivity contribution is 14.1. The Hall–Kier alpha value is -2.11. The molecular formula is C35H44INO. The summed E-state index contributed by atoms with van der Waals surface area (Å²) >= 11 is 2.38. The fraction of sp³-hybridized carbons (Fsp3) is 0.429. The highest BCUT2D eigenvalue weighted by atomic mass is 127. The van der Waals surface area contributed by atoms with Gasteiger partial charge in [0, 0.05) is 3.57 Å². The lowest BCUT2D eigenvalue weighted by molar-refractivity contribution is 0.303. The number of hydrogen-bond acceptors (Lipinski definition) is 2. The predicted molar refractivity (Wildman–Crippen MR) is 172 cm³/mol. The Balaban J connectivity index is 1.27. The topological polar surface area (TPSA) is 12.5 Å². The molecule has 4 rings (SSSR count). The zero-order chi connectivity index (χ0) is 26.4. The normalized spacial score (nSPS) is 14.5. The highest BCUT2D eigenvalue weighted by Crippen LogP contribution is 2.35. The summed E-state index contributed by atoms with van der Waals surface area (Å²) < 4.78 is 7.37. The van der Waals surface area contributed by atoms with Gasteiger partial charge in [0.15, 0.2) is 0 Å². The predicted octanol–water partition coefficient (Wildman–Crippen LogP) is 9.87. The highest BCUT2D eigenvalue weighted by Gasteiger charge is 2.13. The van der Waals surface area contributed by atoms with Gasteiger partial charge in [-0.25, -0.2) is 0 Å². The average molecular weight is 622 g/mol. The van der Waals surface area contributed by atoms with Crippen LogP contribution in [0, 0.1) is 3.57 Å². The van der Waals surface area contributed by atoms with E-state index in [-0.39, 0.29) is 0 Å². The van der Waals surface area contributed by atoms with E-state index in [0.29, 0.717) is 0 Å². The van der Waals surface area contributed by atoms with Crippen LogP contribution in [-0.2, 0) is 0 Å². The third-order valence-electron chi connectivity index (χ3n) is 7.64. The maximum Gasteiger partial charge on any atom is 0.119 e. The SMILES string of the molecule is CC/C(=C(\c1ccc(I)cc1)c1ccc(OCCCCCCCCCN2CCCC2)cc1)c1ccccc1. The lowest BCUT2D eigenvalue weighted by Crippen LogP contribution is -2.20. The van der Waals surface area contributed by atoms with Gasteiger partial charge in [-0.1, -0.05) is 93.6 Å². The van der Waals surface area contributed by atoms with Crippen molar-refractivity contribution in [3.63, 3.8) is 0 Å². The Bertz CT molecular complexity index is 1100. The molecule has 0 unspecified atom stereocenters. The van der Waals surface area contributed by atoms with Gasteiger partial charge in [0.05, 0.1) is 6.61 Å². The van der Waals surface area contributed by atoms with Gasteiger partial charge in [-0.15, -0.1) is 0 Å². The molecule has 1 fully saturated rings. The van der Waals surface area contributed by atoms with Crippen LogP contribution >= 0.6 is 22.6 Å². The van der Waals surface area contributed by atoms with Crippen molar-refractivity contribution in [3.05, 3.63) is 99.1 Å². The molecule has 0 saturated carbocycles. The molecule has 0 bridgehead atoms. The summed E-state index contributed by atoms with van der Waals surface area (Å²) in [6.07, 6.45) is 13.0. The number of nitrogens with zero attached hydrogens (tertiary/aromatic N) is 1. The van der Waals surface area contributed by atoms with Crippen molar-refractivity contribution in [1.29, 1.82) is 0 Å². The van der Waals surface area contributed by atoms with Crippen LogP contribution in [0.15, 0.2) is 78.9 Å². The van der Waals surface area contributed by atoms with Crippen LogP contribution in [0.2, 0.25) is 0 Å². The molecule has 0 atom stereocenters. The number of unbranched alkanes of at least 4 members (excludes halogenated alkanes) is 6. The van der Waals surface area contributed by atoms with E-state index in [9.17, 15) is 0 Å². The van der Waals surface area contributed by atoms with E-state index in [0.717, 1.165) is 25.2 Å². The second kappa shape index (κ2) is 16.1. The largest absolute Gasteiger partial charge is 0.494 e. The number of hydrogen-bond donors (Lipinski definition) is 0. The van der Waals surface area contributed by atoms with E-state index < -0.39 is 0 Å². The molecule has 3 aromatic carbocycles. The van der Waals surface area contributed by atoms with E-state index in [1.54, 1.807) is 0 Å². The number of allylic oxidation sites excluding steroid dienone is 1. The average Bonchev–Trinajstić information content (AvgIpc) is 3.48. The van der Waals surface area contributed by atoms with Gasteiger partial charge in [0.1, 0.15) is 5.75 Å². The zero-order valence-corrected chi connectivity index (χ0v) is 25.3. The van der Waals surface area contributed by atoms with Gasteiger partial charge in [0.25, 0.3) is 0 Å². The Morgan fingerprint density at radius 3 is 1.89 bits per heavy atom. The van der Waals surface area contributed by atoms with E-state index in [4.69, 9.17) is 4.74 Å². The van der Waals surface area contributed by atoms with Crippen LogP contribution in [0.5, 0.6) is 5.75 Å². The number of halogens is 1. The molecule has 2 nitrogen and oxygen atoms in total. The fourth-order valence-corrected chi connectivity index (χ4v) is 5.89. The third-order valence-corrected chi connectivity index (χ3v) is 8.36. The van der Waals surface area contributed by atoms with Crippen LogP contribution in [0.1, 0.15) is 87.8 Å². The minimum Gasteiger partial charge on any atom is -0.494 e. The molecule has 0 amide bonds. The Morgan fingerprint density at radius 2 is 1.26 bits per heavy atom. The Kier molecular flexibility index (Phi) is 12.2. The minimum absolute atomic E-state index is 0.804. The van der Waals surface area contributed by atoms with E-state index in [1.807, 2.05) is 0 Å². The van der Waals surface area contributed by atoms with Gasteiger partial charge in [0.2, 0.25) is 0 Å². The molecule has 0 aromatic heterocycles. The maximum atomic E-state index is 6.11. The van der Waals surface area contributed by atoms with Crippen molar-refractivity contribution in [2.75, 3.05) is 26.2 Å². The van der Waals surface area contributed by atoms with Crippen molar-refractivity contribution in [2.24, 2.45) is 0 Å². The van der Waals surface area contributed by atoms with Crippen LogP contribution < -0.4 is 4.74 Å². The second-order valence-corrected chi connectivity index (χ2v) is 11.7. The standard InChI is InChI=1S/C35H44INO/c1-2-34(29-15-9-8-10-16-29)35(30-17-21-32(36)22-18-30)31-19-23-33(24-20-31)38-28-14-7-5-3-4-6-11-25-37-26-12-13-27-37/h8-10,15-24H,2-7,11-14,25-28H2,1H3/b35-34-. The minimum atomic E-state index is 0.804. The number of ether oxygens (including phenoxy) is 1. The smallest absolute Gasteiger partial charge is 0.119 e. The number of benzene rings is 3. The molecule has 1 saturated heterocycles. The number of likely N-dealkylation sites (tertiary alicyclic amines) is 1. The van der Waals surface area contributed by atoms with Crippen molar-refractivity contribution in [3.8, 4) is 5.75 Å². The summed E-state index contributed by atoms with van der Waals surface area (Å²) in [6, 6.07) is 28.4. The van der Waals surface area contributed by atoms with Gasteiger partial charge in [-0.2, -0.15) is 0 Å². The molecule has 3 aromatic rings. The molecule has 0 radical (unpaired) electrons. The van der Waals surface area contributed by atoms with Crippen LogP contribution in [0.25, 0.3) is 11.1 Å². The molecule has 1 aliphatic rings. The van der Waals surface area contributed by atoms with Crippen LogP contribution in [0.4, 0.5) is 0 Å². The summed E-state index contributed by atoms with van der Waals surface area (Å²) in [5.41, 5.74) is 6.47. The lowest BCUT2D eigenvalue weighted by Gasteiger charge is -2.17. The van der Waals surface area contributed by atoms with E-state index >= 15 is 0 Å². The molecule has 38 heavy (non-hydrogen) atoms. The molecular weight excluding hydrogens is 577 g/mol. The number of rotatable bonds is 15. The fourth-order valence-electron chi connectivity index (χ4n) is 5.53. The first kappa shape index (κ1) is 28.9. The summed E-state index contributed by atoms with van der Waals surface area (Å²) in [5.74, 6) is 0.968. The van der Waals surface area contributed by atoms with Gasteiger partial charge >= 0.3 is 0 Å². The van der Waals surface area contributed by atoms with E-state index in [2.05, 4.69) is 113 Å². The molecule has 0 spiro atoms. The van der Waals surface area contributed by atoms with Crippen LogP contribution in [-0.4, -0.2) is 31.1 Å². The summed E-state index contributed by atoms with van der Waals surface area (Å²) in [4.78, 5) is 2.63. The Labute approximate surface area is 244 Å². The van der Waals surface area contributed by atoms with Crippen molar-refractivity contribution >= 4 is 33.7 Å². The maximum absolute atomic E-state index is 6.11. The molecule has 0 N–H and O–H groups in total. The Morgan fingerprint density at radius 1 is 0.684 bits per heavy atom.